The lowest BCUT2D eigenvalue weighted by atomic mass is 9.90. The van der Waals surface area contributed by atoms with Gasteiger partial charge in [0.15, 0.2) is 5.82 Å². The SMILES string of the molecule is CCCNc1cc(NCC(C)(C)CC)nc(COC)n1. The Hall–Kier alpha value is -1.36. The third kappa shape index (κ3) is 5.74. The highest BCUT2D eigenvalue weighted by molar-refractivity contribution is 5.47. The molecular formula is C15H28N4O. The van der Waals surface area contributed by atoms with Gasteiger partial charge in [0.1, 0.15) is 18.2 Å². The Kier molecular flexibility index (Phi) is 6.71. The van der Waals surface area contributed by atoms with Crippen molar-refractivity contribution in [2.75, 3.05) is 30.8 Å². The van der Waals surface area contributed by atoms with E-state index in [0.29, 0.717) is 12.4 Å². The number of nitrogens with one attached hydrogen (secondary N) is 2. The lowest BCUT2D eigenvalue weighted by Gasteiger charge is -2.23. The molecule has 0 aliphatic heterocycles. The third-order valence-electron chi connectivity index (χ3n) is 3.31. The zero-order chi connectivity index (χ0) is 15.0. The summed E-state index contributed by atoms with van der Waals surface area (Å²) in [7, 11) is 1.66. The fraction of sp³-hybridized carbons (Fsp3) is 0.733. The molecule has 1 heterocycles. The van der Waals surface area contributed by atoms with Crippen molar-refractivity contribution >= 4 is 11.6 Å². The zero-order valence-electron chi connectivity index (χ0n) is 13.4. The number of methoxy groups -OCH3 is 1. The lowest BCUT2D eigenvalue weighted by Crippen LogP contribution is -2.23. The van der Waals surface area contributed by atoms with Crippen LogP contribution in [0.5, 0.6) is 0 Å². The van der Waals surface area contributed by atoms with Crippen molar-refractivity contribution in [1.29, 1.82) is 0 Å². The van der Waals surface area contributed by atoms with E-state index in [1.165, 1.54) is 0 Å². The van der Waals surface area contributed by atoms with E-state index in [2.05, 4.69) is 48.3 Å². The van der Waals surface area contributed by atoms with E-state index in [1.807, 2.05) is 6.07 Å². The van der Waals surface area contributed by atoms with E-state index < -0.39 is 0 Å². The molecule has 0 atom stereocenters. The minimum Gasteiger partial charge on any atom is -0.377 e. The first-order chi connectivity index (χ1) is 9.50. The van der Waals surface area contributed by atoms with Gasteiger partial charge >= 0.3 is 0 Å². The van der Waals surface area contributed by atoms with Gasteiger partial charge in [-0.25, -0.2) is 9.97 Å². The van der Waals surface area contributed by atoms with Gasteiger partial charge in [-0.15, -0.1) is 0 Å². The Morgan fingerprint density at radius 1 is 1.15 bits per heavy atom. The van der Waals surface area contributed by atoms with Crippen LogP contribution in [0.25, 0.3) is 0 Å². The van der Waals surface area contributed by atoms with Gasteiger partial charge in [0, 0.05) is 26.3 Å². The highest BCUT2D eigenvalue weighted by Gasteiger charge is 2.15. The average Bonchev–Trinajstić information content (AvgIpc) is 2.43. The van der Waals surface area contributed by atoms with Crippen molar-refractivity contribution < 1.29 is 4.74 Å². The van der Waals surface area contributed by atoms with Crippen molar-refractivity contribution in [3.63, 3.8) is 0 Å². The van der Waals surface area contributed by atoms with Crippen molar-refractivity contribution in [2.45, 2.75) is 47.1 Å². The molecule has 0 aromatic carbocycles. The molecule has 1 aromatic rings. The molecule has 2 N–H and O–H groups in total. The maximum absolute atomic E-state index is 5.13. The number of hydrogen-bond donors (Lipinski definition) is 2. The summed E-state index contributed by atoms with van der Waals surface area (Å²) in [5.41, 5.74) is 0.253. The standard InChI is InChI=1S/C15H28N4O/c1-6-8-16-12-9-13(17-11-15(3,4)7-2)19-14(18-12)10-20-5/h9H,6-8,10-11H2,1-5H3,(H2,16,17,18,19). The summed E-state index contributed by atoms with van der Waals surface area (Å²) in [6, 6.07) is 1.96. The highest BCUT2D eigenvalue weighted by atomic mass is 16.5. The molecule has 0 saturated heterocycles. The number of hydrogen-bond acceptors (Lipinski definition) is 5. The van der Waals surface area contributed by atoms with E-state index in [-0.39, 0.29) is 5.41 Å². The van der Waals surface area contributed by atoms with E-state index in [0.717, 1.165) is 37.6 Å². The molecule has 1 aromatic heterocycles. The molecule has 0 radical (unpaired) electrons. The van der Waals surface area contributed by atoms with E-state index >= 15 is 0 Å². The monoisotopic (exact) mass is 280 g/mol. The van der Waals surface area contributed by atoms with Crippen LogP contribution in [0, 0.1) is 5.41 Å². The number of anilines is 2. The number of aromatic nitrogens is 2. The Morgan fingerprint density at radius 3 is 2.35 bits per heavy atom. The Balaban J connectivity index is 2.79. The van der Waals surface area contributed by atoms with Crippen LogP contribution < -0.4 is 10.6 Å². The molecule has 1 rings (SSSR count). The van der Waals surface area contributed by atoms with E-state index in [1.54, 1.807) is 7.11 Å². The molecule has 0 aliphatic carbocycles. The van der Waals surface area contributed by atoms with Crippen molar-refractivity contribution in [1.82, 2.24) is 9.97 Å². The normalized spacial score (nSPS) is 11.4. The first-order valence-corrected chi connectivity index (χ1v) is 7.35. The number of ether oxygens (including phenoxy) is 1. The van der Waals surface area contributed by atoms with Gasteiger partial charge in [-0.3, -0.25) is 0 Å². The summed E-state index contributed by atoms with van der Waals surface area (Å²) in [4.78, 5) is 8.92. The molecule has 0 amide bonds. The summed E-state index contributed by atoms with van der Waals surface area (Å²) in [5, 5.41) is 6.70. The van der Waals surface area contributed by atoms with Crippen molar-refractivity contribution in [2.24, 2.45) is 5.41 Å². The smallest absolute Gasteiger partial charge is 0.158 e. The van der Waals surface area contributed by atoms with E-state index in [4.69, 9.17) is 4.74 Å². The average molecular weight is 280 g/mol. The predicted octanol–water partition coefficient (Wildman–Crippen LogP) is 3.29. The molecule has 5 heteroatoms. The molecule has 0 spiro atoms. The zero-order valence-corrected chi connectivity index (χ0v) is 13.4. The first kappa shape index (κ1) is 16.7. The van der Waals surface area contributed by atoms with Crippen LogP contribution in [0.4, 0.5) is 11.6 Å². The maximum Gasteiger partial charge on any atom is 0.158 e. The molecule has 20 heavy (non-hydrogen) atoms. The second kappa shape index (κ2) is 8.04. The molecule has 0 aliphatic rings. The van der Waals surface area contributed by atoms with Gasteiger partial charge in [-0.05, 0) is 18.3 Å². The molecule has 114 valence electrons. The largest absolute Gasteiger partial charge is 0.377 e. The summed E-state index contributed by atoms with van der Waals surface area (Å²) in [6.07, 6.45) is 2.19. The van der Waals surface area contributed by atoms with Crippen LogP contribution in [-0.4, -0.2) is 30.2 Å². The van der Waals surface area contributed by atoms with Crippen molar-refractivity contribution in [3.05, 3.63) is 11.9 Å². The van der Waals surface area contributed by atoms with Gasteiger partial charge in [-0.2, -0.15) is 0 Å². The van der Waals surface area contributed by atoms with Crippen molar-refractivity contribution in [3.8, 4) is 0 Å². The predicted molar refractivity (Wildman–Crippen MR) is 84.1 cm³/mol. The summed E-state index contributed by atoms with van der Waals surface area (Å²) in [6.45, 7) is 11.0. The van der Waals surface area contributed by atoms with Crippen LogP contribution in [0.3, 0.4) is 0 Å². The summed E-state index contributed by atoms with van der Waals surface area (Å²) < 4.78 is 5.13. The van der Waals surface area contributed by atoms with Gasteiger partial charge in [0.2, 0.25) is 0 Å². The lowest BCUT2D eigenvalue weighted by molar-refractivity contribution is 0.178. The maximum atomic E-state index is 5.13. The third-order valence-corrected chi connectivity index (χ3v) is 3.31. The summed E-state index contributed by atoms with van der Waals surface area (Å²) in [5.74, 6) is 2.41. The van der Waals surface area contributed by atoms with Gasteiger partial charge < -0.3 is 15.4 Å². The van der Waals surface area contributed by atoms with E-state index in [9.17, 15) is 0 Å². The van der Waals surface area contributed by atoms with Crippen LogP contribution in [0.1, 0.15) is 46.4 Å². The van der Waals surface area contributed by atoms with Crippen LogP contribution in [0.15, 0.2) is 6.07 Å². The Bertz CT molecular complexity index is 407. The Morgan fingerprint density at radius 2 is 1.80 bits per heavy atom. The fourth-order valence-electron chi connectivity index (χ4n) is 1.58. The van der Waals surface area contributed by atoms with Crippen LogP contribution >= 0.6 is 0 Å². The second-order valence-corrected chi connectivity index (χ2v) is 5.79. The number of nitrogens with zero attached hydrogens (tertiary/aromatic N) is 2. The first-order valence-electron chi connectivity index (χ1n) is 7.35. The minimum absolute atomic E-state index is 0.253. The highest BCUT2D eigenvalue weighted by Crippen LogP contribution is 2.21. The van der Waals surface area contributed by atoms with Gasteiger partial charge in [0.05, 0.1) is 0 Å². The topological polar surface area (TPSA) is 59.1 Å². The van der Waals surface area contributed by atoms with Gasteiger partial charge in [-0.1, -0.05) is 27.7 Å². The quantitative estimate of drug-likeness (QED) is 0.727. The van der Waals surface area contributed by atoms with Crippen LogP contribution in [0.2, 0.25) is 0 Å². The molecule has 5 nitrogen and oxygen atoms in total. The van der Waals surface area contributed by atoms with Gasteiger partial charge in [0.25, 0.3) is 0 Å². The second-order valence-electron chi connectivity index (χ2n) is 5.79. The summed E-state index contributed by atoms with van der Waals surface area (Å²) >= 11 is 0. The number of rotatable bonds is 9. The molecule has 0 bridgehead atoms. The fourth-order valence-corrected chi connectivity index (χ4v) is 1.58. The molecule has 0 saturated carbocycles. The Labute approximate surface area is 122 Å². The van der Waals surface area contributed by atoms with Crippen LogP contribution in [-0.2, 0) is 11.3 Å². The molecule has 0 unspecified atom stereocenters. The molecule has 0 fully saturated rings. The minimum atomic E-state index is 0.253. The molecular weight excluding hydrogens is 252 g/mol.